The fraction of sp³-hybridized carbons (Fsp3) is 0.235. The molecule has 0 aromatic heterocycles. The number of benzene rings is 2. The van der Waals surface area contributed by atoms with Gasteiger partial charge in [0.05, 0.1) is 13.7 Å². The summed E-state index contributed by atoms with van der Waals surface area (Å²) in [6.07, 6.45) is 0.834. The highest BCUT2D eigenvalue weighted by molar-refractivity contribution is 6.35. The Bertz CT molecular complexity index is 640. The predicted octanol–water partition coefficient (Wildman–Crippen LogP) is 3.77. The van der Waals surface area contributed by atoms with Crippen LogP contribution in [0.25, 0.3) is 0 Å². The van der Waals surface area contributed by atoms with E-state index in [4.69, 9.17) is 27.9 Å². The minimum Gasteiger partial charge on any atom is -0.497 e. The molecule has 0 heterocycles. The highest BCUT2D eigenvalue weighted by atomic mass is 35.5. The lowest BCUT2D eigenvalue weighted by molar-refractivity contribution is -0.115. The molecule has 2 rings (SSSR count). The van der Waals surface area contributed by atoms with Gasteiger partial charge in [0.2, 0.25) is 5.91 Å². The summed E-state index contributed by atoms with van der Waals surface area (Å²) >= 11 is 11.8. The van der Waals surface area contributed by atoms with Crippen LogP contribution in [0.3, 0.4) is 0 Å². The van der Waals surface area contributed by atoms with Crippen molar-refractivity contribution in [2.45, 2.75) is 6.42 Å². The van der Waals surface area contributed by atoms with Crippen LogP contribution in [-0.4, -0.2) is 26.1 Å². The Morgan fingerprint density at radius 2 is 1.74 bits per heavy atom. The van der Waals surface area contributed by atoms with Crippen LogP contribution in [0.4, 0.5) is 5.69 Å². The number of nitrogens with one attached hydrogen (secondary N) is 2. The summed E-state index contributed by atoms with van der Waals surface area (Å²) in [7, 11) is 1.64. The van der Waals surface area contributed by atoms with Gasteiger partial charge in [0, 0.05) is 15.7 Å². The molecule has 6 heteroatoms. The number of carbonyl (C=O) groups is 1. The molecule has 0 aliphatic rings. The molecular weight excluding hydrogens is 335 g/mol. The van der Waals surface area contributed by atoms with Crippen molar-refractivity contribution in [2.75, 3.05) is 25.5 Å². The van der Waals surface area contributed by atoms with E-state index in [0.717, 1.165) is 12.2 Å². The van der Waals surface area contributed by atoms with Gasteiger partial charge in [0.15, 0.2) is 0 Å². The molecule has 0 aliphatic carbocycles. The molecule has 2 N–H and O–H groups in total. The number of halogens is 2. The number of hydrogen-bond acceptors (Lipinski definition) is 3. The van der Waals surface area contributed by atoms with Crippen molar-refractivity contribution in [1.29, 1.82) is 0 Å². The number of ether oxygens (including phenoxy) is 1. The third-order valence-electron chi connectivity index (χ3n) is 3.18. The molecule has 0 radical (unpaired) electrons. The average molecular weight is 353 g/mol. The van der Waals surface area contributed by atoms with Gasteiger partial charge in [-0.2, -0.15) is 0 Å². The first-order valence-electron chi connectivity index (χ1n) is 7.16. The Balaban J connectivity index is 1.71. The lowest BCUT2D eigenvalue weighted by atomic mass is 10.1. The zero-order valence-corrected chi connectivity index (χ0v) is 14.2. The minimum atomic E-state index is -0.141. The van der Waals surface area contributed by atoms with Crippen LogP contribution >= 0.6 is 23.2 Å². The van der Waals surface area contributed by atoms with E-state index >= 15 is 0 Å². The highest BCUT2D eigenvalue weighted by Crippen LogP contribution is 2.22. The van der Waals surface area contributed by atoms with E-state index < -0.39 is 0 Å². The van der Waals surface area contributed by atoms with Crippen molar-refractivity contribution >= 4 is 34.8 Å². The monoisotopic (exact) mass is 352 g/mol. The van der Waals surface area contributed by atoms with E-state index in [0.29, 0.717) is 22.3 Å². The van der Waals surface area contributed by atoms with Gasteiger partial charge in [0.25, 0.3) is 0 Å². The van der Waals surface area contributed by atoms with Crippen LogP contribution in [0.1, 0.15) is 5.56 Å². The summed E-state index contributed by atoms with van der Waals surface area (Å²) in [6.45, 7) is 0.927. The van der Waals surface area contributed by atoms with Gasteiger partial charge in [-0.25, -0.2) is 0 Å². The van der Waals surface area contributed by atoms with E-state index in [1.165, 1.54) is 5.56 Å². The lowest BCUT2D eigenvalue weighted by Gasteiger charge is -2.08. The average Bonchev–Trinajstić information content (AvgIpc) is 2.51. The molecule has 122 valence electrons. The normalized spacial score (nSPS) is 10.4. The van der Waals surface area contributed by atoms with E-state index in [1.807, 2.05) is 24.3 Å². The quantitative estimate of drug-likeness (QED) is 0.745. The maximum Gasteiger partial charge on any atom is 0.238 e. The Kier molecular flexibility index (Phi) is 6.71. The van der Waals surface area contributed by atoms with E-state index in [1.54, 1.807) is 25.3 Å². The topological polar surface area (TPSA) is 50.4 Å². The molecule has 0 unspecified atom stereocenters. The Morgan fingerprint density at radius 3 is 2.35 bits per heavy atom. The Hall–Kier alpha value is -1.75. The van der Waals surface area contributed by atoms with Crippen LogP contribution in [0.2, 0.25) is 10.0 Å². The Morgan fingerprint density at radius 1 is 1.09 bits per heavy atom. The largest absolute Gasteiger partial charge is 0.497 e. The van der Waals surface area contributed by atoms with Gasteiger partial charge in [-0.15, -0.1) is 0 Å². The second-order valence-corrected chi connectivity index (χ2v) is 5.85. The van der Waals surface area contributed by atoms with Crippen molar-refractivity contribution < 1.29 is 9.53 Å². The summed E-state index contributed by atoms with van der Waals surface area (Å²) in [5, 5.41) is 6.83. The maximum atomic E-state index is 11.9. The van der Waals surface area contributed by atoms with Gasteiger partial charge in [-0.3, -0.25) is 4.79 Å². The minimum absolute atomic E-state index is 0.141. The highest BCUT2D eigenvalue weighted by Gasteiger charge is 2.04. The third-order valence-corrected chi connectivity index (χ3v) is 3.62. The standard InChI is InChI=1S/C17H18Cl2N2O2/c1-23-16-4-2-12(3-5-16)6-7-20-11-17(22)21-15-9-13(18)8-14(19)10-15/h2-5,8-10,20H,6-7,11H2,1H3,(H,21,22). The zero-order valence-electron chi connectivity index (χ0n) is 12.7. The van der Waals surface area contributed by atoms with Crippen LogP contribution in [0.5, 0.6) is 5.75 Å². The fourth-order valence-corrected chi connectivity index (χ4v) is 2.58. The number of hydrogen-bond donors (Lipinski definition) is 2. The molecular formula is C17H18Cl2N2O2. The van der Waals surface area contributed by atoms with Crippen LogP contribution < -0.4 is 15.4 Å². The van der Waals surface area contributed by atoms with Crippen molar-refractivity contribution in [2.24, 2.45) is 0 Å². The number of anilines is 1. The van der Waals surface area contributed by atoms with Crippen LogP contribution in [0.15, 0.2) is 42.5 Å². The zero-order chi connectivity index (χ0) is 16.7. The SMILES string of the molecule is COc1ccc(CCNCC(=O)Nc2cc(Cl)cc(Cl)c2)cc1. The molecule has 0 aliphatic heterocycles. The van der Waals surface area contributed by atoms with Crippen LogP contribution in [0, 0.1) is 0 Å². The molecule has 1 amide bonds. The van der Waals surface area contributed by atoms with Crippen molar-refractivity contribution in [3.8, 4) is 5.75 Å². The van der Waals surface area contributed by atoms with Gasteiger partial charge in [0.1, 0.15) is 5.75 Å². The van der Waals surface area contributed by atoms with Crippen LogP contribution in [-0.2, 0) is 11.2 Å². The van der Waals surface area contributed by atoms with E-state index in [2.05, 4.69) is 10.6 Å². The second kappa shape index (κ2) is 8.77. The molecule has 0 bridgehead atoms. The summed E-state index contributed by atoms with van der Waals surface area (Å²) in [5.41, 5.74) is 1.77. The van der Waals surface area contributed by atoms with Crippen molar-refractivity contribution in [1.82, 2.24) is 5.32 Å². The third kappa shape index (κ3) is 6.10. The number of amides is 1. The van der Waals surface area contributed by atoms with Gasteiger partial charge in [-0.05, 0) is 48.9 Å². The molecule has 23 heavy (non-hydrogen) atoms. The first-order chi connectivity index (χ1) is 11.1. The van der Waals surface area contributed by atoms with E-state index in [-0.39, 0.29) is 12.5 Å². The molecule has 0 saturated heterocycles. The molecule has 0 fully saturated rings. The van der Waals surface area contributed by atoms with Crippen molar-refractivity contribution in [3.63, 3.8) is 0 Å². The molecule has 2 aromatic carbocycles. The summed E-state index contributed by atoms with van der Waals surface area (Å²) in [4.78, 5) is 11.9. The summed E-state index contributed by atoms with van der Waals surface area (Å²) in [6, 6.07) is 12.8. The lowest BCUT2D eigenvalue weighted by Crippen LogP contribution is -2.29. The summed E-state index contributed by atoms with van der Waals surface area (Å²) < 4.78 is 5.11. The number of methoxy groups -OCH3 is 1. The second-order valence-electron chi connectivity index (χ2n) is 4.98. The molecule has 2 aromatic rings. The van der Waals surface area contributed by atoms with Crippen molar-refractivity contribution in [3.05, 3.63) is 58.1 Å². The predicted molar refractivity (Wildman–Crippen MR) is 94.7 cm³/mol. The van der Waals surface area contributed by atoms with E-state index in [9.17, 15) is 4.79 Å². The summed E-state index contributed by atoms with van der Waals surface area (Å²) in [5.74, 6) is 0.694. The molecule has 4 nitrogen and oxygen atoms in total. The van der Waals surface area contributed by atoms with Gasteiger partial charge >= 0.3 is 0 Å². The first kappa shape index (κ1) is 17.6. The smallest absolute Gasteiger partial charge is 0.238 e. The van der Waals surface area contributed by atoms with Gasteiger partial charge < -0.3 is 15.4 Å². The first-order valence-corrected chi connectivity index (χ1v) is 7.92. The number of rotatable bonds is 7. The fourth-order valence-electron chi connectivity index (χ4n) is 2.06. The maximum absolute atomic E-state index is 11.9. The molecule has 0 spiro atoms. The molecule has 0 atom stereocenters. The Labute approximate surface area is 145 Å². The molecule has 0 saturated carbocycles. The number of carbonyl (C=O) groups excluding carboxylic acids is 1. The van der Waals surface area contributed by atoms with Gasteiger partial charge in [-0.1, -0.05) is 35.3 Å².